The molecule has 1 fully saturated rings. The monoisotopic (exact) mass is 350 g/mol. The van der Waals surface area contributed by atoms with Crippen molar-refractivity contribution in [1.29, 1.82) is 0 Å². The van der Waals surface area contributed by atoms with E-state index in [-0.39, 0.29) is 5.75 Å². The molecule has 6 nitrogen and oxygen atoms in total. The Morgan fingerprint density at radius 3 is 2.38 bits per heavy atom. The molecule has 2 heterocycles. The summed E-state index contributed by atoms with van der Waals surface area (Å²) in [5.74, 6) is 0.229. The van der Waals surface area contributed by atoms with Gasteiger partial charge in [0.1, 0.15) is 5.58 Å². The van der Waals surface area contributed by atoms with Crippen LogP contribution in [0.15, 0.2) is 69.9 Å². The molecule has 0 N–H and O–H groups in total. The lowest BCUT2D eigenvalue weighted by Crippen LogP contribution is -2.49. The lowest BCUT2D eigenvalue weighted by molar-refractivity contribution is 0.149. The Kier molecular flexibility index (Phi) is 4.31. The fourth-order valence-electron chi connectivity index (χ4n) is 3.11. The molecule has 4 rings (SSSR count). The van der Waals surface area contributed by atoms with Crippen molar-refractivity contribution in [2.45, 2.75) is 0 Å². The van der Waals surface area contributed by atoms with Crippen LogP contribution in [0, 0.1) is 0 Å². The van der Waals surface area contributed by atoms with Crippen molar-refractivity contribution in [3.63, 3.8) is 0 Å². The van der Waals surface area contributed by atoms with Crippen LogP contribution < -0.4 is 15.3 Å². The van der Waals surface area contributed by atoms with Crippen molar-refractivity contribution >= 4 is 22.7 Å². The molecular weight excluding hydrogens is 332 g/mol. The summed E-state index contributed by atoms with van der Waals surface area (Å²) < 4.78 is 10.6. The number of anilines is 1. The van der Waals surface area contributed by atoms with Gasteiger partial charge in [0.25, 0.3) is 0 Å². The van der Waals surface area contributed by atoms with Gasteiger partial charge in [0.15, 0.2) is 5.75 Å². The summed E-state index contributed by atoms with van der Waals surface area (Å²) in [5, 5.41) is 0.600. The first kappa shape index (κ1) is 16.2. The fraction of sp³-hybridized carbons (Fsp3) is 0.200. The Bertz CT molecular complexity index is 976. The van der Waals surface area contributed by atoms with Gasteiger partial charge >= 0.3 is 11.7 Å². The fourth-order valence-corrected chi connectivity index (χ4v) is 3.11. The quantitative estimate of drug-likeness (QED) is 0.665. The second-order valence-electron chi connectivity index (χ2n) is 6.10. The van der Waals surface area contributed by atoms with E-state index < -0.39 is 11.7 Å². The molecule has 2 aromatic carbocycles. The summed E-state index contributed by atoms with van der Waals surface area (Å²) in [7, 11) is 0. The third-order valence-corrected chi connectivity index (χ3v) is 4.47. The van der Waals surface area contributed by atoms with Gasteiger partial charge in [0.2, 0.25) is 0 Å². The summed E-state index contributed by atoms with van der Waals surface area (Å²) in [6.07, 6.45) is -0.450. The highest BCUT2D eigenvalue weighted by Gasteiger charge is 2.23. The smallest absolute Gasteiger partial charge is 0.415 e. The van der Waals surface area contributed by atoms with Crippen molar-refractivity contribution in [3.05, 3.63) is 71.1 Å². The highest BCUT2D eigenvalue weighted by molar-refractivity contribution is 5.85. The normalized spacial score (nSPS) is 14.5. The van der Waals surface area contributed by atoms with E-state index in [0.717, 1.165) is 18.8 Å². The molecule has 0 spiro atoms. The molecule has 1 amide bonds. The zero-order valence-corrected chi connectivity index (χ0v) is 14.1. The maximum absolute atomic E-state index is 12.5. The van der Waals surface area contributed by atoms with Gasteiger partial charge in [-0.05, 0) is 24.3 Å². The van der Waals surface area contributed by atoms with Crippen LogP contribution >= 0.6 is 0 Å². The average molecular weight is 350 g/mol. The standard InChI is InChI=1S/C20H18N2O4/c23-19-14-18(16-8-4-5-9-17(16)25-19)26-20(24)22-12-10-21(11-13-22)15-6-2-1-3-7-15/h1-9,14H,10-13H2. The SMILES string of the molecule is O=C(Oc1cc(=O)oc2ccccc12)N1CCN(c2ccccc2)CC1. The largest absolute Gasteiger partial charge is 0.422 e. The highest BCUT2D eigenvalue weighted by Crippen LogP contribution is 2.24. The zero-order valence-electron chi connectivity index (χ0n) is 14.1. The van der Waals surface area contributed by atoms with E-state index in [0.29, 0.717) is 24.1 Å². The molecule has 1 aliphatic heterocycles. The number of piperazine rings is 1. The Hall–Kier alpha value is -3.28. The molecule has 1 aromatic heterocycles. The third kappa shape index (κ3) is 3.26. The summed E-state index contributed by atoms with van der Waals surface area (Å²) in [5.41, 5.74) is 1.00. The first-order chi connectivity index (χ1) is 12.7. The van der Waals surface area contributed by atoms with Crippen LogP contribution in [0.25, 0.3) is 11.0 Å². The van der Waals surface area contributed by atoms with E-state index in [2.05, 4.69) is 17.0 Å². The van der Waals surface area contributed by atoms with Gasteiger partial charge in [0, 0.05) is 31.9 Å². The van der Waals surface area contributed by atoms with Crippen molar-refractivity contribution in [1.82, 2.24) is 4.90 Å². The van der Waals surface area contributed by atoms with Gasteiger partial charge in [-0.3, -0.25) is 0 Å². The molecule has 6 heteroatoms. The minimum Gasteiger partial charge on any atom is -0.422 e. The number of ether oxygens (including phenoxy) is 1. The van der Waals surface area contributed by atoms with Gasteiger partial charge in [0.05, 0.1) is 11.5 Å². The molecular formula is C20H18N2O4. The van der Waals surface area contributed by atoms with Crippen molar-refractivity contribution in [2.24, 2.45) is 0 Å². The Balaban J connectivity index is 1.46. The molecule has 0 bridgehead atoms. The minimum absolute atomic E-state index is 0.229. The van der Waals surface area contributed by atoms with Crippen LogP contribution in [0.1, 0.15) is 0 Å². The molecule has 0 aliphatic carbocycles. The van der Waals surface area contributed by atoms with Gasteiger partial charge in [-0.1, -0.05) is 30.3 Å². The maximum Gasteiger partial charge on any atom is 0.415 e. The number of rotatable bonds is 2. The summed E-state index contributed by atoms with van der Waals surface area (Å²) in [6.45, 7) is 2.59. The van der Waals surface area contributed by atoms with Gasteiger partial charge in [-0.15, -0.1) is 0 Å². The van der Waals surface area contributed by atoms with Gasteiger partial charge in [-0.25, -0.2) is 9.59 Å². The number of nitrogens with zero attached hydrogens (tertiary/aromatic N) is 2. The topological polar surface area (TPSA) is 63.0 Å². The molecule has 3 aromatic rings. The van der Waals surface area contributed by atoms with E-state index in [1.807, 2.05) is 18.2 Å². The summed E-state index contributed by atoms with van der Waals surface area (Å²) in [4.78, 5) is 28.1. The zero-order chi connectivity index (χ0) is 17.9. The van der Waals surface area contributed by atoms with Crippen LogP contribution in [-0.4, -0.2) is 37.2 Å². The first-order valence-electron chi connectivity index (χ1n) is 8.50. The summed E-state index contributed by atoms with van der Waals surface area (Å²) in [6, 6.07) is 18.3. The lowest BCUT2D eigenvalue weighted by Gasteiger charge is -2.35. The molecule has 0 unspecified atom stereocenters. The molecule has 0 radical (unpaired) electrons. The van der Waals surface area contributed by atoms with Crippen molar-refractivity contribution < 1.29 is 13.9 Å². The van der Waals surface area contributed by atoms with Crippen LogP contribution in [-0.2, 0) is 0 Å². The lowest BCUT2D eigenvalue weighted by atomic mass is 10.2. The number of carbonyl (C=O) groups is 1. The number of carbonyl (C=O) groups excluding carboxylic acids is 1. The van der Waals surface area contributed by atoms with E-state index in [1.165, 1.54) is 6.07 Å². The number of amides is 1. The average Bonchev–Trinajstić information content (AvgIpc) is 2.68. The Labute approximate surface area is 150 Å². The maximum atomic E-state index is 12.5. The van der Waals surface area contributed by atoms with E-state index in [1.54, 1.807) is 29.2 Å². The number of hydrogen-bond donors (Lipinski definition) is 0. The molecule has 26 heavy (non-hydrogen) atoms. The second kappa shape index (κ2) is 6.92. The van der Waals surface area contributed by atoms with Gasteiger partial charge < -0.3 is 19.0 Å². The number of para-hydroxylation sites is 2. The van der Waals surface area contributed by atoms with E-state index in [4.69, 9.17) is 9.15 Å². The number of benzene rings is 2. The molecule has 0 atom stereocenters. The Morgan fingerprint density at radius 2 is 1.62 bits per heavy atom. The summed E-state index contributed by atoms with van der Waals surface area (Å²) >= 11 is 0. The molecule has 132 valence electrons. The molecule has 1 saturated heterocycles. The van der Waals surface area contributed by atoms with Gasteiger partial charge in [-0.2, -0.15) is 0 Å². The predicted octanol–water partition coefficient (Wildman–Crippen LogP) is 3.11. The van der Waals surface area contributed by atoms with E-state index in [9.17, 15) is 9.59 Å². The highest BCUT2D eigenvalue weighted by atomic mass is 16.6. The van der Waals surface area contributed by atoms with Crippen molar-refractivity contribution in [2.75, 3.05) is 31.1 Å². The van der Waals surface area contributed by atoms with Crippen LogP contribution in [0.3, 0.4) is 0 Å². The van der Waals surface area contributed by atoms with Crippen molar-refractivity contribution in [3.8, 4) is 5.75 Å². The number of fused-ring (bicyclic) bond motifs is 1. The minimum atomic E-state index is -0.541. The van der Waals surface area contributed by atoms with Crippen LogP contribution in [0.5, 0.6) is 5.75 Å². The first-order valence-corrected chi connectivity index (χ1v) is 8.50. The Morgan fingerprint density at radius 1 is 0.923 bits per heavy atom. The van der Waals surface area contributed by atoms with E-state index >= 15 is 0 Å². The predicted molar refractivity (Wildman–Crippen MR) is 98.7 cm³/mol. The second-order valence-corrected chi connectivity index (χ2v) is 6.10. The molecule has 0 saturated carbocycles. The number of hydrogen-bond acceptors (Lipinski definition) is 5. The molecule has 1 aliphatic rings. The third-order valence-electron chi connectivity index (χ3n) is 4.47. The van der Waals surface area contributed by atoms with Crippen LogP contribution in [0.2, 0.25) is 0 Å². The van der Waals surface area contributed by atoms with Crippen LogP contribution in [0.4, 0.5) is 10.5 Å².